The topological polar surface area (TPSA) is 84.2 Å². The molecule has 2 rings (SSSR count). The first kappa shape index (κ1) is 18.5. The summed E-state index contributed by atoms with van der Waals surface area (Å²) in [5.74, 6) is 0.184. The van der Waals surface area contributed by atoms with Crippen LogP contribution < -0.4 is 16.4 Å². The Morgan fingerprint density at radius 2 is 2.00 bits per heavy atom. The Balaban J connectivity index is 0.00000242. The summed E-state index contributed by atoms with van der Waals surface area (Å²) in [6.07, 6.45) is 2.99. The molecule has 1 aliphatic rings. The van der Waals surface area contributed by atoms with E-state index >= 15 is 0 Å². The number of nitrogens with two attached hydrogens (primary N) is 1. The van der Waals surface area contributed by atoms with E-state index in [9.17, 15) is 9.59 Å². The van der Waals surface area contributed by atoms with E-state index < -0.39 is 0 Å². The van der Waals surface area contributed by atoms with E-state index in [4.69, 9.17) is 5.73 Å². The second-order valence-corrected chi connectivity index (χ2v) is 5.73. The summed E-state index contributed by atoms with van der Waals surface area (Å²) in [5.41, 5.74) is 8.14. The van der Waals surface area contributed by atoms with E-state index in [1.165, 1.54) is 6.92 Å². The Labute approximate surface area is 137 Å². The molecule has 0 spiro atoms. The third-order valence-electron chi connectivity index (χ3n) is 4.11. The summed E-state index contributed by atoms with van der Waals surface area (Å²) in [5, 5.41) is 5.71. The quantitative estimate of drug-likeness (QED) is 0.795. The van der Waals surface area contributed by atoms with E-state index in [2.05, 4.69) is 10.6 Å². The lowest BCUT2D eigenvalue weighted by Crippen LogP contribution is -2.30. The van der Waals surface area contributed by atoms with Crippen molar-refractivity contribution in [1.82, 2.24) is 0 Å². The van der Waals surface area contributed by atoms with Crippen LogP contribution in [0.5, 0.6) is 0 Å². The molecule has 2 amide bonds. The molecule has 0 saturated heterocycles. The van der Waals surface area contributed by atoms with Crippen molar-refractivity contribution < 1.29 is 9.59 Å². The number of nitrogens with one attached hydrogen (secondary N) is 2. The molecule has 1 saturated carbocycles. The molecule has 122 valence electrons. The lowest BCUT2D eigenvalue weighted by atomic mass is 9.95. The third kappa shape index (κ3) is 4.45. The summed E-state index contributed by atoms with van der Waals surface area (Å²) < 4.78 is 0. The van der Waals surface area contributed by atoms with Crippen molar-refractivity contribution in [2.75, 3.05) is 17.2 Å². The minimum atomic E-state index is -0.130. The molecule has 0 aliphatic heterocycles. The molecule has 2 atom stereocenters. The number of rotatable bonds is 4. The van der Waals surface area contributed by atoms with E-state index in [0.29, 0.717) is 12.2 Å². The van der Waals surface area contributed by atoms with Crippen LogP contribution in [0.25, 0.3) is 0 Å². The highest BCUT2D eigenvalue weighted by Crippen LogP contribution is 2.32. The van der Waals surface area contributed by atoms with Gasteiger partial charge in [-0.25, -0.2) is 0 Å². The van der Waals surface area contributed by atoms with Gasteiger partial charge in [0.2, 0.25) is 11.8 Å². The van der Waals surface area contributed by atoms with E-state index in [-0.39, 0.29) is 36.1 Å². The largest absolute Gasteiger partial charge is 0.330 e. The Bertz CT molecular complexity index is 548. The first-order valence-electron chi connectivity index (χ1n) is 7.40. The lowest BCUT2D eigenvalue weighted by molar-refractivity contribution is -0.120. The van der Waals surface area contributed by atoms with Gasteiger partial charge in [0.1, 0.15) is 0 Å². The summed E-state index contributed by atoms with van der Waals surface area (Å²) >= 11 is 0. The van der Waals surface area contributed by atoms with Crippen LogP contribution in [0.1, 0.15) is 31.7 Å². The maximum absolute atomic E-state index is 12.4. The number of aryl methyl sites for hydroxylation is 1. The summed E-state index contributed by atoms with van der Waals surface area (Å²) in [7, 11) is 0. The fourth-order valence-corrected chi connectivity index (χ4v) is 2.93. The van der Waals surface area contributed by atoms with Crippen LogP contribution in [0.2, 0.25) is 0 Å². The van der Waals surface area contributed by atoms with Gasteiger partial charge < -0.3 is 16.4 Å². The zero-order valence-corrected chi connectivity index (χ0v) is 13.8. The normalized spacial score (nSPS) is 20.1. The van der Waals surface area contributed by atoms with Gasteiger partial charge in [-0.3, -0.25) is 9.59 Å². The van der Waals surface area contributed by atoms with Gasteiger partial charge in [0.15, 0.2) is 0 Å². The van der Waals surface area contributed by atoms with Gasteiger partial charge in [0.05, 0.1) is 0 Å². The maximum Gasteiger partial charge on any atom is 0.227 e. The van der Waals surface area contributed by atoms with Gasteiger partial charge >= 0.3 is 0 Å². The fourth-order valence-electron chi connectivity index (χ4n) is 2.93. The van der Waals surface area contributed by atoms with Crippen LogP contribution in [0, 0.1) is 18.8 Å². The molecule has 1 aliphatic carbocycles. The second kappa shape index (κ2) is 8.15. The molecule has 1 fully saturated rings. The highest BCUT2D eigenvalue weighted by molar-refractivity contribution is 5.95. The number of carbonyl (C=O) groups is 2. The van der Waals surface area contributed by atoms with E-state index in [1.54, 1.807) is 6.07 Å². The molecule has 22 heavy (non-hydrogen) atoms. The van der Waals surface area contributed by atoms with E-state index in [0.717, 1.165) is 30.5 Å². The number of halogens is 1. The van der Waals surface area contributed by atoms with Gasteiger partial charge in [-0.2, -0.15) is 0 Å². The number of hydrogen-bond acceptors (Lipinski definition) is 3. The number of amides is 2. The van der Waals surface area contributed by atoms with E-state index in [1.807, 2.05) is 19.1 Å². The highest BCUT2D eigenvalue weighted by Gasteiger charge is 2.32. The van der Waals surface area contributed by atoms with Crippen molar-refractivity contribution in [3.63, 3.8) is 0 Å². The predicted molar refractivity (Wildman–Crippen MR) is 91.2 cm³/mol. The molecule has 1 aromatic rings. The molecule has 0 heterocycles. The Hall–Kier alpha value is -1.59. The average molecular weight is 326 g/mol. The van der Waals surface area contributed by atoms with Crippen molar-refractivity contribution in [3.05, 3.63) is 23.8 Å². The Morgan fingerprint density at radius 1 is 1.27 bits per heavy atom. The van der Waals surface area contributed by atoms with Crippen molar-refractivity contribution >= 4 is 35.6 Å². The minimum Gasteiger partial charge on any atom is -0.330 e. The summed E-state index contributed by atoms with van der Waals surface area (Å²) in [6.45, 7) is 3.95. The fraction of sp³-hybridized carbons (Fsp3) is 0.500. The van der Waals surface area contributed by atoms with Gasteiger partial charge in [-0.05, 0) is 49.9 Å². The van der Waals surface area contributed by atoms with Crippen LogP contribution in [0.4, 0.5) is 11.4 Å². The van der Waals surface area contributed by atoms with Crippen LogP contribution in [0.3, 0.4) is 0 Å². The smallest absolute Gasteiger partial charge is 0.227 e. The van der Waals surface area contributed by atoms with Crippen LogP contribution in [-0.2, 0) is 9.59 Å². The molecule has 6 heteroatoms. The molecule has 0 unspecified atom stereocenters. The van der Waals surface area contributed by atoms with Crippen LogP contribution in [0.15, 0.2) is 18.2 Å². The van der Waals surface area contributed by atoms with Crippen LogP contribution in [-0.4, -0.2) is 18.4 Å². The Morgan fingerprint density at radius 3 is 2.64 bits per heavy atom. The summed E-state index contributed by atoms with van der Waals surface area (Å²) in [4.78, 5) is 23.5. The third-order valence-corrected chi connectivity index (χ3v) is 4.11. The van der Waals surface area contributed by atoms with Gasteiger partial charge in [-0.1, -0.05) is 12.5 Å². The molecule has 0 radical (unpaired) electrons. The lowest BCUT2D eigenvalue weighted by Gasteiger charge is -2.18. The first-order valence-corrected chi connectivity index (χ1v) is 7.40. The van der Waals surface area contributed by atoms with Gasteiger partial charge in [0.25, 0.3) is 0 Å². The molecule has 0 aromatic heterocycles. The molecule has 4 N–H and O–H groups in total. The van der Waals surface area contributed by atoms with Gasteiger partial charge in [-0.15, -0.1) is 12.4 Å². The standard InChI is InChI=1S/C16H23N3O2.ClH/c1-10-6-7-13(18-11(2)20)8-15(10)19-16(21)14-5-3-4-12(14)9-17;/h6-8,12,14H,3-5,9,17H2,1-2H3,(H,18,20)(H,19,21);1H/t12-,14-;/m1./s1. The number of anilines is 2. The maximum atomic E-state index is 12.4. The van der Waals surface area contributed by atoms with Crippen molar-refractivity contribution in [2.45, 2.75) is 33.1 Å². The molecule has 1 aromatic carbocycles. The van der Waals surface area contributed by atoms with Crippen molar-refractivity contribution in [3.8, 4) is 0 Å². The predicted octanol–water partition coefficient (Wildman–Crippen LogP) is 2.69. The average Bonchev–Trinajstić information content (AvgIpc) is 2.90. The SMILES string of the molecule is CC(=O)Nc1ccc(C)c(NC(=O)[C@@H]2CCC[C@@H]2CN)c1.Cl. The monoisotopic (exact) mass is 325 g/mol. The Kier molecular flexibility index (Phi) is 6.84. The molecular formula is C16H24ClN3O2. The highest BCUT2D eigenvalue weighted by atomic mass is 35.5. The number of benzene rings is 1. The van der Waals surface area contributed by atoms with Crippen molar-refractivity contribution in [1.29, 1.82) is 0 Å². The minimum absolute atomic E-state index is 0. The van der Waals surface area contributed by atoms with Crippen LogP contribution >= 0.6 is 12.4 Å². The first-order chi connectivity index (χ1) is 10.0. The summed E-state index contributed by atoms with van der Waals surface area (Å²) in [6, 6.07) is 5.50. The zero-order valence-electron chi connectivity index (χ0n) is 13.0. The molecule has 5 nitrogen and oxygen atoms in total. The zero-order chi connectivity index (χ0) is 15.4. The number of hydrogen-bond donors (Lipinski definition) is 3. The molecule has 0 bridgehead atoms. The van der Waals surface area contributed by atoms with Gasteiger partial charge in [0, 0.05) is 24.2 Å². The molecular weight excluding hydrogens is 302 g/mol. The second-order valence-electron chi connectivity index (χ2n) is 5.73. The van der Waals surface area contributed by atoms with Crippen molar-refractivity contribution in [2.24, 2.45) is 17.6 Å². The number of carbonyl (C=O) groups excluding carboxylic acids is 2.